The van der Waals surface area contributed by atoms with Crippen LogP contribution in [-0.2, 0) is 17.8 Å². The molecule has 1 aromatic rings. The van der Waals surface area contributed by atoms with Crippen molar-refractivity contribution in [2.45, 2.75) is 32.9 Å². The molecule has 0 amide bonds. The SMILES string of the molecule is CNCc1nnn(CCOC)c1C(C)C. The van der Waals surface area contributed by atoms with E-state index in [1.807, 2.05) is 11.7 Å². The first-order chi connectivity index (χ1) is 7.20. The average Bonchev–Trinajstić information content (AvgIpc) is 2.58. The highest BCUT2D eigenvalue weighted by Crippen LogP contribution is 2.17. The van der Waals surface area contributed by atoms with Crippen LogP contribution < -0.4 is 5.32 Å². The third-order valence-corrected chi connectivity index (χ3v) is 2.25. The molecule has 86 valence electrons. The summed E-state index contributed by atoms with van der Waals surface area (Å²) in [4.78, 5) is 0. The van der Waals surface area contributed by atoms with Gasteiger partial charge in [-0.25, -0.2) is 4.68 Å². The van der Waals surface area contributed by atoms with Gasteiger partial charge in [0.1, 0.15) is 0 Å². The van der Waals surface area contributed by atoms with Gasteiger partial charge >= 0.3 is 0 Å². The first-order valence-corrected chi connectivity index (χ1v) is 5.26. The number of ether oxygens (including phenoxy) is 1. The lowest BCUT2D eigenvalue weighted by Crippen LogP contribution is -2.13. The summed E-state index contributed by atoms with van der Waals surface area (Å²) in [5.74, 6) is 0.431. The zero-order valence-corrected chi connectivity index (χ0v) is 9.95. The summed E-state index contributed by atoms with van der Waals surface area (Å²) in [5.41, 5.74) is 2.23. The molecule has 0 aliphatic carbocycles. The lowest BCUT2D eigenvalue weighted by Gasteiger charge is -2.10. The van der Waals surface area contributed by atoms with Crippen LogP contribution in [0.4, 0.5) is 0 Å². The van der Waals surface area contributed by atoms with Crippen LogP contribution in [0.1, 0.15) is 31.2 Å². The maximum absolute atomic E-state index is 5.05. The van der Waals surface area contributed by atoms with Crippen LogP contribution >= 0.6 is 0 Å². The number of nitrogens with zero attached hydrogens (tertiary/aromatic N) is 3. The fourth-order valence-electron chi connectivity index (χ4n) is 1.62. The molecule has 0 saturated heterocycles. The van der Waals surface area contributed by atoms with Gasteiger partial charge in [0.25, 0.3) is 0 Å². The van der Waals surface area contributed by atoms with E-state index in [9.17, 15) is 0 Å². The monoisotopic (exact) mass is 212 g/mol. The van der Waals surface area contributed by atoms with Crippen molar-refractivity contribution < 1.29 is 4.74 Å². The second-order valence-corrected chi connectivity index (χ2v) is 3.82. The van der Waals surface area contributed by atoms with Crippen molar-refractivity contribution in [2.24, 2.45) is 0 Å². The molecule has 1 N–H and O–H groups in total. The van der Waals surface area contributed by atoms with E-state index in [4.69, 9.17) is 4.74 Å². The smallest absolute Gasteiger partial charge is 0.0999 e. The van der Waals surface area contributed by atoms with Crippen LogP contribution in [0.3, 0.4) is 0 Å². The number of hydrogen-bond donors (Lipinski definition) is 1. The highest BCUT2D eigenvalue weighted by atomic mass is 16.5. The van der Waals surface area contributed by atoms with Crippen molar-refractivity contribution in [1.82, 2.24) is 20.3 Å². The van der Waals surface area contributed by atoms with Gasteiger partial charge in [-0.2, -0.15) is 0 Å². The summed E-state index contributed by atoms with van der Waals surface area (Å²) < 4.78 is 6.98. The second-order valence-electron chi connectivity index (χ2n) is 3.82. The van der Waals surface area contributed by atoms with Crippen molar-refractivity contribution in [2.75, 3.05) is 20.8 Å². The van der Waals surface area contributed by atoms with Gasteiger partial charge in [0.05, 0.1) is 24.5 Å². The minimum absolute atomic E-state index is 0.431. The zero-order chi connectivity index (χ0) is 11.3. The Morgan fingerprint density at radius 3 is 2.73 bits per heavy atom. The van der Waals surface area contributed by atoms with Crippen molar-refractivity contribution in [3.63, 3.8) is 0 Å². The second kappa shape index (κ2) is 5.82. The number of rotatable bonds is 6. The molecule has 0 aliphatic heterocycles. The summed E-state index contributed by atoms with van der Waals surface area (Å²) in [6.07, 6.45) is 0. The summed E-state index contributed by atoms with van der Waals surface area (Å²) in [6, 6.07) is 0. The van der Waals surface area contributed by atoms with Gasteiger partial charge in [-0.3, -0.25) is 0 Å². The number of aromatic nitrogens is 3. The van der Waals surface area contributed by atoms with Crippen molar-refractivity contribution in [1.29, 1.82) is 0 Å². The van der Waals surface area contributed by atoms with E-state index in [0.717, 1.165) is 18.8 Å². The Kier molecular flexibility index (Phi) is 4.71. The van der Waals surface area contributed by atoms with Gasteiger partial charge in [-0.15, -0.1) is 5.10 Å². The molecule has 1 aromatic heterocycles. The quantitative estimate of drug-likeness (QED) is 0.756. The molecule has 0 radical (unpaired) electrons. The summed E-state index contributed by atoms with van der Waals surface area (Å²) in [5, 5.41) is 11.4. The highest BCUT2D eigenvalue weighted by molar-refractivity contribution is 5.14. The lowest BCUT2D eigenvalue weighted by atomic mass is 10.1. The Labute approximate surface area is 90.8 Å². The Morgan fingerprint density at radius 1 is 1.47 bits per heavy atom. The van der Waals surface area contributed by atoms with Crippen molar-refractivity contribution in [3.8, 4) is 0 Å². The van der Waals surface area contributed by atoms with Gasteiger partial charge in [0.15, 0.2) is 0 Å². The molecule has 5 heteroatoms. The maximum Gasteiger partial charge on any atom is 0.0999 e. The summed E-state index contributed by atoms with van der Waals surface area (Å²) in [6.45, 7) is 6.51. The van der Waals surface area contributed by atoms with Crippen LogP contribution in [0.2, 0.25) is 0 Å². The molecular weight excluding hydrogens is 192 g/mol. The molecule has 0 spiro atoms. The fourth-order valence-corrected chi connectivity index (χ4v) is 1.62. The fraction of sp³-hybridized carbons (Fsp3) is 0.800. The van der Waals surface area contributed by atoms with Gasteiger partial charge in [-0.05, 0) is 13.0 Å². The third kappa shape index (κ3) is 3.00. The van der Waals surface area contributed by atoms with E-state index in [1.54, 1.807) is 7.11 Å². The predicted molar refractivity (Wildman–Crippen MR) is 58.8 cm³/mol. The van der Waals surface area contributed by atoms with Crippen molar-refractivity contribution >= 4 is 0 Å². The van der Waals surface area contributed by atoms with Crippen LogP contribution in [-0.4, -0.2) is 35.8 Å². The molecule has 1 heterocycles. The number of hydrogen-bond acceptors (Lipinski definition) is 4. The van der Waals surface area contributed by atoms with E-state index in [2.05, 4.69) is 29.5 Å². The van der Waals surface area contributed by atoms with E-state index >= 15 is 0 Å². The van der Waals surface area contributed by atoms with Gasteiger partial charge in [0, 0.05) is 13.7 Å². The molecule has 0 unspecified atom stereocenters. The summed E-state index contributed by atoms with van der Waals surface area (Å²) in [7, 11) is 3.61. The largest absolute Gasteiger partial charge is 0.383 e. The van der Waals surface area contributed by atoms with E-state index in [-0.39, 0.29) is 0 Å². The minimum Gasteiger partial charge on any atom is -0.383 e. The highest BCUT2D eigenvalue weighted by Gasteiger charge is 2.14. The molecule has 15 heavy (non-hydrogen) atoms. The Morgan fingerprint density at radius 2 is 2.20 bits per heavy atom. The number of methoxy groups -OCH3 is 1. The Hall–Kier alpha value is -0.940. The van der Waals surface area contributed by atoms with E-state index < -0.39 is 0 Å². The van der Waals surface area contributed by atoms with Crippen LogP contribution in [0.5, 0.6) is 0 Å². The lowest BCUT2D eigenvalue weighted by molar-refractivity contribution is 0.181. The normalized spacial score (nSPS) is 11.3. The van der Waals surface area contributed by atoms with Gasteiger partial charge < -0.3 is 10.1 Å². The maximum atomic E-state index is 5.05. The topological polar surface area (TPSA) is 52.0 Å². The zero-order valence-electron chi connectivity index (χ0n) is 9.95. The molecule has 5 nitrogen and oxygen atoms in total. The molecule has 0 aliphatic rings. The van der Waals surface area contributed by atoms with Crippen LogP contribution in [0.25, 0.3) is 0 Å². The van der Waals surface area contributed by atoms with Gasteiger partial charge in [0.2, 0.25) is 0 Å². The molecule has 0 bridgehead atoms. The molecular formula is C10H20N4O. The van der Waals surface area contributed by atoms with E-state index in [0.29, 0.717) is 12.5 Å². The molecule has 0 atom stereocenters. The average molecular weight is 212 g/mol. The summed E-state index contributed by atoms with van der Waals surface area (Å²) >= 11 is 0. The predicted octanol–water partition coefficient (Wildman–Crippen LogP) is 0.767. The molecule has 1 rings (SSSR count). The van der Waals surface area contributed by atoms with Crippen LogP contribution in [0.15, 0.2) is 0 Å². The molecule has 0 saturated carbocycles. The standard InChI is InChI=1S/C10H20N4O/c1-8(2)10-9(7-11-3)12-13-14(10)5-6-15-4/h8,11H,5-7H2,1-4H3. The number of nitrogens with one attached hydrogen (secondary N) is 1. The molecule has 0 aromatic carbocycles. The Bertz CT molecular complexity index is 296. The Balaban J connectivity index is 2.85. The third-order valence-electron chi connectivity index (χ3n) is 2.25. The minimum atomic E-state index is 0.431. The van der Waals surface area contributed by atoms with Crippen molar-refractivity contribution in [3.05, 3.63) is 11.4 Å². The van der Waals surface area contributed by atoms with Crippen LogP contribution in [0, 0.1) is 0 Å². The molecule has 0 fully saturated rings. The van der Waals surface area contributed by atoms with E-state index in [1.165, 1.54) is 5.69 Å². The first-order valence-electron chi connectivity index (χ1n) is 5.26. The first kappa shape index (κ1) is 12.1. The van der Waals surface area contributed by atoms with Gasteiger partial charge in [-0.1, -0.05) is 19.1 Å².